The van der Waals surface area contributed by atoms with Gasteiger partial charge in [-0.3, -0.25) is 0 Å². The third-order valence-electron chi connectivity index (χ3n) is 3.61. The van der Waals surface area contributed by atoms with E-state index in [-0.39, 0.29) is 11.6 Å². The van der Waals surface area contributed by atoms with E-state index in [0.717, 1.165) is 0 Å². The molecule has 1 aromatic heterocycles. The van der Waals surface area contributed by atoms with Crippen LogP contribution in [0.15, 0.2) is 6.07 Å². The monoisotopic (exact) mass is 304 g/mol. The van der Waals surface area contributed by atoms with Crippen LogP contribution in [-0.2, 0) is 6.18 Å². The van der Waals surface area contributed by atoms with Crippen molar-refractivity contribution in [1.82, 2.24) is 9.97 Å². The highest BCUT2D eigenvalue weighted by Gasteiger charge is 2.36. The standard InChI is InChI=1S/C13H19F3N4O/c1-12(21)4-3-6-20(7-5-12)10-8-9(17-2)18-11(19-10)13(14,15)16/h8,21H,3-7H2,1-2H3,(H,17,18,19). The minimum atomic E-state index is -4.58. The molecule has 1 aromatic rings. The van der Waals surface area contributed by atoms with Gasteiger partial charge in [-0.15, -0.1) is 0 Å². The summed E-state index contributed by atoms with van der Waals surface area (Å²) in [5, 5.41) is 12.7. The van der Waals surface area contributed by atoms with E-state index in [1.165, 1.54) is 13.1 Å². The summed E-state index contributed by atoms with van der Waals surface area (Å²) >= 11 is 0. The quantitative estimate of drug-likeness (QED) is 0.878. The average Bonchev–Trinajstić information content (AvgIpc) is 2.58. The van der Waals surface area contributed by atoms with Crippen LogP contribution >= 0.6 is 0 Å². The van der Waals surface area contributed by atoms with Crippen molar-refractivity contribution in [3.05, 3.63) is 11.9 Å². The molecule has 1 aliphatic heterocycles. The maximum absolute atomic E-state index is 12.8. The number of nitrogens with one attached hydrogen (secondary N) is 1. The van der Waals surface area contributed by atoms with Crippen molar-refractivity contribution >= 4 is 11.6 Å². The van der Waals surface area contributed by atoms with Gasteiger partial charge in [-0.25, -0.2) is 9.97 Å². The maximum Gasteiger partial charge on any atom is 0.451 e. The summed E-state index contributed by atoms with van der Waals surface area (Å²) in [7, 11) is 1.51. The molecule has 0 bridgehead atoms. The summed E-state index contributed by atoms with van der Waals surface area (Å²) in [5.74, 6) is -0.789. The van der Waals surface area contributed by atoms with E-state index < -0.39 is 17.6 Å². The predicted molar refractivity (Wildman–Crippen MR) is 73.3 cm³/mol. The number of hydrogen-bond donors (Lipinski definition) is 2. The molecule has 1 saturated heterocycles. The lowest BCUT2D eigenvalue weighted by atomic mass is 9.98. The van der Waals surface area contributed by atoms with Crippen LogP contribution in [-0.4, -0.2) is 40.8 Å². The first-order valence-corrected chi connectivity index (χ1v) is 6.83. The van der Waals surface area contributed by atoms with E-state index >= 15 is 0 Å². The molecule has 0 aliphatic carbocycles. The molecule has 1 atom stereocenters. The Hall–Kier alpha value is -1.57. The van der Waals surface area contributed by atoms with Crippen LogP contribution in [0.5, 0.6) is 0 Å². The minimum Gasteiger partial charge on any atom is -0.390 e. The Morgan fingerprint density at radius 1 is 1.29 bits per heavy atom. The smallest absolute Gasteiger partial charge is 0.390 e. The van der Waals surface area contributed by atoms with Gasteiger partial charge >= 0.3 is 6.18 Å². The molecule has 1 aliphatic rings. The zero-order valence-electron chi connectivity index (χ0n) is 12.0. The van der Waals surface area contributed by atoms with Gasteiger partial charge in [0.2, 0.25) is 5.82 Å². The molecule has 2 heterocycles. The zero-order chi connectivity index (χ0) is 15.7. The first-order valence-electron chi connectivity index (χ1n) is 6.83. The molecule has 2 rings (SSSR count). The van der Waals surface area contributed by atoms with Gasteiger partial charge in [0.25, 0.3) is 0 Å². The molecule has 0 amide bonds. The van der Waals surface area contributed by atoms with Crippen molar-refractivity contribution in [2.75, 3.05) is 30.4 Å². The highest BCUT2D eigenvalue weighted by molar-refractivity contribution is 5.49. The van der Waals surface area contributed by atoms with Crippen molar-refractivity contribution < 1.29 is 18.3 Å². The fourth-order valence-corrected chi connectivity index (χ4v) is 2.34. The fourth-order valence-electron chi connectivity index (χ4n) is 2.34. The van der Waals surface area contributed by atoms with E-state index in [1.54, 1.807) is 11.8 Å². The van der Waals surface area contributed by atoms with Gasteiger partial charge in [0, 0.05) is 26.2 Å². The molecule has 0 radical (unpaired) electrons. The minimum absolute atomic E-state index is 0.128. The third-order valence-corrected chi connectivity index (χ3v) is 3.61. The number of rotatable bonds is 2. The number of hydrogen-bond acceptors (Lipinski definition) is 5. The van der Waals surface area contributed by atoms with Gasteiger partial charge in [-0.05, 0) is 26.2 Å². The number of aromatic nitrogens is 2. The number of anilines is 2. The molecular weight excluding hydrogens is 285 g/mol. The van der Waals surface area contributed by atoms with Crippen molar-refractivity contribution in [3.8, 4) is 0 Å². The van der Waals surface area contributed by atoms with E-state index in [4.69, 9.17) is 0 Å². The van der Waals surface area contributed by atoms with Crippen LogP contribution in [0.1, 0.15) is 32.0 Å². The van der Waals surface area contributed by atoms with Gasteiger partial charge in [0.05, 0.1) is 5.60 Å². The maximum atomic E-state index is 12.8. The third kappa shape index (κ3) is 3.96. The van der Waals surface area contributed by atoms with Crippen molar-refractivity contribution in [2.45, 2.75) is 38.0 Å². The average molecular weight is 304 g/mol. The molecule has 0 saturated carbocycles. The molecule has 8 heteroatoms. The number of nitrogens with zero attached hydrogens (tertiary/aromatic N) is 3. The Bertz CT molecular complexity index is 505. The van der Waals surface area contributed by atoms with Gasteiger partial charge in [-0.1, -0.05) is 0 Å². The summed E-state index contributed by atoms with van der Waals surface area (Å²) in [6, 6.07) is 1.50. The van der Waals surface area contributed by atoms with E-state index in [2.05, 4.69) is 15.3 Å². The summed E-state index contributed by atoms with van der Waals surface area (Å²) in [6.07, 6.45) is -2.76. The summed E-state index contributed by atoms with van der Waals surface area (Å²) < 4.78 is 38.5. The van der Waals surface area contributed by atoms with Crippen LogP contribution < -0.4 is 10.2 Å². The van der Waals surface area contributed by atoms with Crippen LogP contribution in [0, 0.1) is 0 Å². The molecule has 5 nitrogen and oxygen atoms in total. The predicted octanol–water partition coefficient (Wildman–Crippen LogP) is 2.28. The van der Waals surface area contributed by atoms with Crippen LogP contribution in [0.2, 0.25) is 0 Å². The van der Waals surface area contributed by atoms with Gasteiger partial charge in [0.1, 0.15) is 11.6 Å². The second-order valence-electron chi connectivity index (χ2n) is 5.52. The molecule has 2 N–H and O–H groups in total. The molecule has 21 heavy (non-hydrogen) atoms. The molecule has 1 unspecified atom stereocenters. The Kier molecular flexibility index (Phi) is 4.27. The summed E-state index contributed by atoms with van der Waals surface area (Å²) in [6.45, 7) is 2.77. The molecule has 0 spiro atoms. The Morgan fingerprint density at radius 3 is 2.62 bits per heavy atom. The van der Waals surface area contributed by atoms with Gasteiger partial charge < -0.3 is 15.3 Å². The van der Waals surface area contributed by atoms with Gasteiger partial charge in [-0.2, -0.15) is 13.2 Å². The molecule has 1 fully saturated rings. The largest absolute Gasteiger partial charge is 0.451 e. The molecular formula is C13H19F3N4O. The first-order chi connectivity index (χ1) is 9.71. The molecule has 118 valence electrons. The molecule has 0 aromatic carbocycles. The van der Waals surface area contributed by atoms with Crippen LogP contribution in [0.25, 0.3) is 0 Å². The summed E-state index contributed by atoms with van der Waals surface area (Å²) in [4.78, 5) is 8.84. The highest BCUT2D eigenvalue weighted by Crippen LogP contribution is 2.30. The number of alkyl halides is 3. The van der Waals surface area contributed by atoms with E-state index in [9.17, 15) is 18.3 Å². The summed E-state index contributed by atoms with van der Waals surface area (Å²) in [5.41, 5.74) is -0.777. The lowest BCUT2D eigenvalue weighted by Gasteiger charge is -2.24. The first kappa shape index (κ1) is 15.8. The van der Waals surface area contributed by atoms with Crippen LogP contribution in [0.3, 0.4) is 0 Å². The van der Waals surface area contributed by atoms with Crippen LogP contribution in [0.4, 0.5) is 24.8 Å². The van der Waals surface area contributed by atoms with E-state index in [1.807, 2.05) is 0 Å². The highest BCUT2D eigenvalue weighted by atomic mass is 19.4. The lowest BCUT2D eigenvalue weighted by Crippen LogP contribution is -2.29. The second-order valence-corrected chi connectivity index (χ2v) is 5.52. The van der Waals surface area contributed by atoms with E-state index in [0.29, 0.717) is 32.4 Å². The Balaban J connectivity index is 2.30. The number of halogens is 3. The fraction of sp³-hybridized carbons (Fsp3) is 0.692. The van der Waals surface area contributed by atoms with Crippen molar-refractivity contribution in [2.24, 2.45) is 0 Å². The normalized spacial score (nSPS) is 23.8. The SMILES string of the molecule is CNc1cc(N2CCCC(C)(O)CC2)nc(C(F)(F)F)n1. The van der Waals surface area contributed by atoms with Crippen molar-refractivity contribution in [1.29, 1.82) is 0 Å². The Morgan fingerprint density at radius 2 is 2.00 bits per heavy atom. The second kappa shape index (κ2) is 5.67. The topological polar surface area (TPSA) is 61.3 Å². The van der Waals surface area contributed by atoms with Crippen molar-refractivity contribution in [3.63, 3.8) is 0 Å². The lowest BCUT2D eigenvalue weighted by molar-refractivity contribution is -0.144. The number of aliphatic hydroxyl groups is 1. The van der Waals surface area contributed by atoms with Gasteiger partial charge in [0.15, 0.2) is 0 Å². The zero-order valence-corrected chi connectivity index (χ0v) is 12.0. The Labute approximate surface area is 121 Å².